The maximum absolute atomic E-state index is 5.45. The van der Waals surface area contributed by atoms with Gasteiger partial charge in [-0.15, -0.1) is 0 Å². The van der Waals surface area contributed by atoms with Crippen LogP contribution in [0.4, 0.5) is 5.69 Å². The fourth-order valence-electron chi connectivity index (χ4n) is 2.90. The summed E-state index contributed by atoms with van der Waals surface area (Å²) in [5.41, 5.74) is 2.68. The Balaban J connectivity index is 1.69. The monoisotopic (exact) mass is 276 g/mol. The topological polar surface area (TPSA) is 31.8 Å². The Hall–Kier alpha value is -1.17. The van der Waals surface area contributed by atoms with Gasteiger partial charge in [-0.3, -0.25) is 9.88 Å². The second kappa shape index (κ2) is 6.52. The average molecular weight is 276 g/mol. The maximum Gasteiger partial charge on any atom is 0.0642 e. The predicted molar refractivity (Wildman–Crippen MR) is 80.0 cm³/mol. The van der Waals surface area contributed by atoms with Crippen molar-refractivity contribution in [3.63, 3.8) is 0 Å². The van der Waals surface area contributed by atoms with Crippen LogP contribution >= 0.6 is 0 Å². The maximum atomic E-state index is 5.45. The molecule has 0 atom stereocenters. The summed E-state index contributed by atoms with van der Waals surface area (Å²) in [6.07, 6.45) is 3.93. The van der Waals surface area contributed by atoms with E-state index < -0.39 is 0 Å². The van der Waals surface area contributed by atoms with Gasteiger partial charge in [0.15, 0.2) is 0 Å². The highest BCUT2D eigenvalue weighted by Crippen LogP contribution is 2.22. The van der Waals surface area contributed by atoms with Crippen molar-refractivity contribution in [3.8, 4) is 0 Å². The lowest BCUT2D eigenvalue weighted by molar-refractivity contribution is 0.122. The largest absolute Gasteiger partial charge is 0.378 e. The molecule has 1 aromatic rings. The van der Waals surface area contributed by atoms with Gasteiger partial charge in [-0.2, -0.15) is 0 Å². The Morgan fingerprint density at radius 1 is 1.10 bits per heavy atom. The van der Waals surface area contributed by atoms with Crippen molar-refractivity contribution in [2.45, 2.75) is 6.54 Å². The Bertz CT molecular complexity index is 426. The molecule has 0 unspecified atom stereocenters. The van der Waals surface area contributed by atoms with Gasteiger partial charge in [-0.05, 0) is 13.1 Å². The fourth-order valence-corrected chi connectivity index (χ4v) is 2.90. The first-order chi connectivity index (χ1) is 9.83. The molecule has 0 N–H and O–H groups in total. The van der Waals surface area contributed by atoms with Crippen molar-refractivity contribution in [3.05, 3.63) is 24.0 Å². The van der Waals surface area contributed by atoms with Gasteiger partial charge in [-0.25, -0.2) is 0 Å². The number of piperazine rings is 1. The van der Waals surface area contributed by atoms with Gasteiger partial charge in [0.05, 0.1) is 13.2 Å². The van der Waals surface area contributed by atoms with Crippen molar-refractivity contribution < 1.29 is 4.74 Å². The minimum absolute atomic E-state index is 0.830. The number of pyridine rings is 1. The number of aromatic nitrogens is 1. The lowest BCUT2D eigenvalue weighted by Gasteiger charge is -2.34. The van der Waals surface area contributed by atoms with Crippen LogP contribution in [-0.2, 0) is 11.3 Å². The highest BCUT2D eigenvalue weighted by Gasteiger charge is 2.18. The van der Waals surface area contributed by atoms with E-state index >= 15 is 0 Å². The molecule has 5 heteroatoms. The van der Waals surface area contributed by atoms with Gasteiger partial charge in [0, 0.05) is 69.5 Å². The molecule has 0 bridgehead atoms. The molecule has 3 heterocycles. The van der Waals surface area contributed by atoms with Crippen LogP contribution in [0.5, 0.6) is 0 Å². The Kier molecular flexibility index (Phi) is 4.50. The molecular weight excluding hydrogens is 252 g/mol. The van der Waals surface area contributed by atoms with E-state index in [1.165, 1.54) is 11.3 Å². The average Bonchev–Trinajstić information content (AvgIpc) is 2.51. The molecule has 3 rings (SSSR count). The number of morpholine rings is 1. The van der Waals surface area contributed by atoms with Crippen LogP contribution in [0.15, 0.2) is 18.5 Å². The first-order valence-corrected chi connectivity index (χ1v) is 7.49. The molecule has 5 nitrogen and oxygen atoms in total. The molecule has 0 aliphatic carbocycles. The van der Waals surface area contributed by atoms with E-state index in [9.17, 15) is 0 Å². The van der Waals surface area contributed by atoms with Crippen molar-refractivity contribution >= 4 is 5.69 Å². The molecule has 1 aromatic heterocycles. The summed E-state index contributed by atoms with van der Waals surface area (Å²) in [6.45, 7) is 9.25. The third kappa shape index (κ3) is 3.29. The number of hydrogen-bond donors (Lipinski definition) is 0. The van der Waals surface area contributed by atoms with Crippen molar-refractivity contribution in [2.75, 3.05) is 64.4 Å². The second-order valence-electron chi connectivity index (χ2n) is 5.68. The van der Waals surface area contributed by atoms with Crippen LogP contribution in [0, 0.1) is 0 Å². The highest BCUT2D eigenvalue weighted by molar-refractivity contribution is 5.52. The molecular formula is C15H24N4O. The molecule has 0 amide bonds. The van der Waals surface area contributed by atoms with Gasteiger partial charge >= 0.3 is 0 Å². The van der Waals surface area contributed by atoms with Gasteiger partial charge in [-0.1, -0.05) is 0 Å². The zero-order valence-corrected chi connectivity index (χ0v) is 12.3. The van der Waals surface area contributed by atoms with Crippen molar-refractivity contribution in [2.24, 2.45) is 0 Å². The molecule has 110 valence electrons. The summed E-state index contributed by atoms with van der Waals surface area (Å²) in [5.74, 6) is 0. The quantitative estimate of drug-likeness (QED) is 0.810. The summed E-state index contributed by atoms with van der Waals surface area (Å²) in [5, 5.41) is 0. The van der Waals surface area contributed by atoms with E-state index in [1.54, 1.807) is 0 Å². The van der Waals surface area contributed by atoms with Gasteiger partial charge in [0.25, 0.3) is 0 Å². The number of anilines is 1. The van der Waals surface area contributed by atoms with E-state index in [4.69, 9.17) is 4.74 Å². The molecule has 0 saturated carbocycles. The molecule has 0 spiro atoms. The standard InChI is InChI=1S/C15H24N4O/c1-17-4-6-18(7-5-17)13-14-12-16-3-2-15(14)19-8-10-20-11-9-19/h2-3,12H,4-11,13H2,1H3. The summed E-state index contributed by atoms with van der Waals surface area (Å²) in [6, 6.07) is 2.15. The lowest BCUT2D eigenvalue weighted by Crippen LogP contribution is -2.44. The molecule has 0 radical (unpaired) electrons. The molecule has 2 saturated heterocycles. The summed E-state index contributed by atoms with van der Waals surface area (Å²) >= 11 is 0. The van der Waals surface area contributed by atoms with E-state index in [0.29, 0.717) is 0 Å². The van der Waals surface area contributed by atoms with Crippen molar-refractivity contribution in [1.29, 1.82) is 0 Å². The van der Waals surface area contributed by atoms with Gasteiger partial charge < -0.3 is 14.5 Å². The number of hydrogen-bond acceptors (Lipinski definition) is 5. The first kappa shape index (κ1) is 13.8. The number of likely N-dealkylation sites (N-methyl/N-ethyl adjacent to an activating group) is 1. The second-order valence-corrected chi connectivity index (χ2v) is 5.68. The molecule has 20 heavy (non-hydrogen) atoms. The first-order valence-electron chi connectivity index (χ1n) is 7.49. The molecule has 2 fully saturated rings. The normalized spacial score (nSPS) is 22.1. The zero-order valence-electron chi connectivity index (χ0n) is 12.3. The Morgan fingerprint density at radius 3 is 2.60 bits per heavy atom. The SMILES string of the molecule is CN1CCN(Cc2cnccc2N2CCOCC2)CC1. The van der Waals surface area contributed by atoms with Crippen LogP contribution in [0.3, 0.4) is 0 Å². The van der Waals surface area contributed by atoms with Crippen molar-refractivity contribution in [1.82, 2.24) is 14.8 Å². The van der Waals surface area contributed by atoms with Crippen LogP contribution in [0.25, 0.3) is 0 Å². The third-order valence-corrected chi connectivity index (χ3v) is 4.22. The molecule has 0 aromatic carbocycles. The number of rotatable bonds is 3. The Labute approximate surface area is 121 Å². The predicted octanol–water partition coefficient (Wildman–Crippen LogP) is 0.666. The van der Waals surface area contributed by atoms with Crippen LogP contribution < -0.4 is 4.90 Å². The van der Waals surface area contributed by atoms with Gasteiger partial charge in [0.1, 0.15) is 0 Å². The minimum atomic E-state index is 0.830. The summed E-state index contributed by atoms with van der Waals surface area (Å²) in [7, 11) is 2.20. The number of ether oxygens (including phenoxy) is 1. The van der Waals surface area contributed by atoms with Crippen LogP contribution in [0.2, 0.25) is 0 Å². The van der Waals surface area contributed by atoms with E-state index in [2.05, 4.69) is 32.8 Å². The smallest absolute Gasteiger partial charge is 0.0642 e. The van der Waals surface area contributed by atoms with E-state index in [-0.39, 0.29) is 0 Å². The lowest BCUT2D eigenvalue weighted by atomic mass is 10.1. The Morgan fingerprint density at radius 2 is 1.85 bits per heavy atom. The fraction of sp³-hybridized carbons (Fsp3) is 0.667. The molecule has 2 aliphatic heterocycles. The number of nitrogens with zero attached hydrogens (tertiary/aromatic N) is 4. The van der Waals surface area contributed by atoms with E-state index in [1.807, 2.05) is 12.4 Å². The highest BCUT2D eigenvalue weighted by atomic mass is 16.5. The third-order valence-electron chi connectivity index (χ3n) is 4.22. The van der Waals surface area contributed by atoms with Gasteiger partial charge in [0.2, 0.25) is 0 Å². The van der Waals surface area contributed by atoms with Crippen LogP contribution in [0.1, 0.15) is 5.56 Å². The zero-order chi connectivity index (χ0) is 13.8. The van der Waals surface area contributed by atoms with Crippen LogP contribution in [-0.4, -0.2) is 74.3 Å². The summed E-state index contributed by atoms with van der Waals surface area (Å²) < 4.78 is 5.45. The minimum Gasteiger partial charge on any atom is -0.378 e. The molecule has 2 aliphatic rings. The van der Waals surface area contributed by atoms with E-state index in [0.717, 1.165) is 59.0 Å². The summed E-state index contributed by atoms with van der Waals surface area (Å²) in [4.78, 5) is 11.7.